The summed E-state index contributed by atoms with van der Waals surface area (Å²) in [7, 11) is 2.17. The summed E-state index contributed by atoms with van der Waals surface area (Å²) in [6.45, 7) is 8.19. The van der Waals surface area contributed by atoms with Crippen LogP contribution in [0.1, 0.15) is 39.8 Å². The molecule has 2 aromatic rings. The maximum Gasteiger partial charge on any atom is 0.167 e. The lowest BCUT2D eigenvalue weighted by atomic mass is 10.1. The van der Waals surface area contributed by atoms with E-state index in [9.17, 15) is 0 Å². The monoisotopic (exact) mass is 388 g/mol. The molecule has 0 aromatic carbocycles. The molecule has 3 fully saturated rings. The Morgan fingerprint density at radius 3 is 2.86 bits per heavy atom. The van der Waals surface area contributed by atoms with Crippen LogP contribution in [-0.4, -0.2) is 68.2 Å². The fourth-order valence-electron chi connectivity index (χ4n) is 4.89. The van der Waals surface area contributed by atoms with Crippen molar-refractivity contribution in [3.63, 3.8) is 0 Å². The van der Waals surface area contributed by atoms with Crippen LogP contribution in [0.25, 0.3) is 11.2 Å². The van der Waals surface area contributed by atoms with Crippen molar-refractivity contribution in [2.24, 2.45) is 5.92 Å². The number of imidazole rings is 1. The van der Waals surface area contributed by atoms with Gasteiger partial charge in [0.1, 0.15) is 29.7 Å². The summed E-state index contributed by atoms with van der Waals surface area (Å²) in [5.41, 5.74) is 6.88. The van der Waals surface area contributed by atoms with Gasteiger partial charge in [0.2, 0.25) is 0 Å². The molecule has 3 aliphatic rings. The lowest BCUT2D eigenvalue weighted by Crippen LogP contribution is -2.35. The van der Waals surface area contributed by atoms with Crippen LogP contribution in [0.5, 0.6) is 0 Å². The highest BCUT2D eigenvalue weighted by molar-refractivity contribution is 5.81. The Labute approximate surface area is 164 Å². The van der Waals surface area contributed by atoms with Crippen LogP contribution < -0.4 is 5.73 Å². The molecule has 4 heterocycles. The molecule has 2 N–H and O–H groups in total. The second kappa shape index (κ2) is 6.09. The van der Waals surface area contributed by atoms with Crippen molar-refractivity contribution in [2.45, 2.75) is 63.4 Å². The average molecular weight is 388 g/mol. The molecule has 9 nitrogen and oxygen atoms in total. The summed E-state index contributed by atoms with van der Waals surface area (Å²) >= 11 is 0. The second-order valence-corrected chi connectivity index (χ2v) is 8.73. The Hall–Kier alpha value is -1.81. The molecule has 2 unspecified atom stereocenters. The standard InChI is InChI=1S/C19H28N6O3/c1-5-6-24(4)8-11-7-19(11)14-13(26-18(2,3)27-14)17(28-19)25-10-23-12-15(20)21-9-22-16(12)25/h9-11,13-14,17H,5-8H2,1-4H3,(H2,20,21,22)/t11-,13+,14?,17?,19+/m1/s1. The molecule has 1 saturated carbocycles. The number of nitrogen functional groups attached to an aromatic ring is 1. The Morgan fingerprint density at radius 1 is 1.25 bits per heavy atom. The van der Waals surface area contributed by atoms with Crippen LogP contribution in [0.2, 0.25) is 0 Å². The van der Waals surface area contributed by atoms with Crippen molar-refractivity contribution in [3.05, 3.63) is 12.7 Å². The van der Waals surface area contributed by atoms with E-state index >= 15 is 0 Å². The van der Waals surface area contributed by atoms with Gasteiger partial charge < -0.3 is 24.8 Å². The number of aromatic nitrogens is 4. The molecule has 0 bridgehead atoms. The van der Waals surface area contributed by atoms with Crippen LogP contribution in [0.3, 0.4) is 0 Å². The predicted octanol–water partition coefficient (Wildman–Crippen LogP) is 1.56. The van der Waals surface area contributed by atoms with E-state index in [-0.39, 0.29) is 24.0 Å². The van der Waals surface area contributed by atoms with E-state index in [4.69, 9.17) is 19.9 Å². The minimum atomic E-state index is -0.642. The molecule has 1 spiro atoms. The summed E-state index contributed by atoms with van der Waals surface area (Å²) in [6.07, 6.45) is 4.60. The number of ether oxygens (including phenoxy) is 3. The van der Waals surface area contributed by atoms with E-state index in [0.29, 0.717) is 22.9 Å². The molecule has 9 heteroatoms. The highest BCUT2D eigenvalue weighted by Gasteiger charge is 2.73. The van der Waals surface area contributed by atoms with Gasteiger partial charge in [-0.15, -0.1) is 0 Å². The Bertz CT molecular complexity index is 901. The van der Waals surface area contributed by atoms with Gasteiger partial charge in [-0.25, -0.2) is 15.0 Å². The number of rotatable bonds is 5. The van der Waals surface area contributed by atoms with Crippen molar-refractivity contribution >= 4 is 17.0 Å². The van der Waals surface area contributed by atoms with Gasteiger partial charge in [0.05, 0.1) is 6.33 Å². The van der Waals surface area contributed by atoms with Crippen molar-refractivity contribution in [1.29, 1.82) is 0 Å². The molecular formula is C19H28N6O3. The summed E-state index contributed by atoms with van der Waals surface area (Å²) < 4.78 is 21.2. The summed E-state index contributed by atoms with van der Waals surface area (Å²) in [4.78, 5) is 15.2. The lowest BCUT2D eigenvalue weighted by molar-refractivity contribution is -0.203. The van der Waals surface area contributed by atoms with E-state index in [2.05, 4.69) is 33.8 Å². The van der Waals surface area contributed by atoms with Gasteiger partial charge in [-0.3, -0.25) is 4.57 Å². The molecule has 0 radical (unpaired) electrons. The Balaban J connectivity index is 1.48. The lowest BCUT2D eigenvalue weighted by Gasteiger charge is -2.26. The van der Waals surface area contributed by atoms with E-state index in [1.54, 1.807) is 6.33 Å². The first kappa shape index (κ1) is 18.2. The van der Waals surface area contributed by atoms with Crippen molar-refractivity contribution in [3.8, 4) is 0 Å². The SMILES string of the molecule is CCCN(C)C[C@H]1C[C@]12OC(n1cnc3c(N)ncnc31)[C@H]1OC(C)(C)OC12. The van der Waals surface area contributed by atoms with Gasteiger partial charge in [0.25, 0.3) is 0 Å². The van der Waals surface area contributed by atoms with E-state index in [0.717, 1.165) is 25.9 Å². The third-order valence-corrected chi connectivity index (χ3v) is 6.13. The highest BCUT2D eigenvalue weighted by Crippen LogP contribution is 2.62. The van der Waals surface area contributed by atoms with Gasteiger partial charge >= 0.3 is 0 Å². The molecule has 5 atom stereocenters. The minimum Gasteiger partial charge on any atom is -0.382 e. The molecule has 2 saturated heterocycles. The minimum absolute atomic E-state index is 0.107. The zero-order valence-corrected chi connectivity index (χ0v) is 16.8. The molecule has 2 aliphatic heterocycles. The molecule has 0 amide bonds. The first-order valence-corrected chi connectivity index (χ1v) is 9.99. The maximum absolute atomic E-state index is 6.65. The van der Waals surface area contributed by atoms with E-state index in [1.807, 2.05) is 18.4 Å². The number of fused-ring (bicyclic) bond motifs is 3. The molecule has 28 heavy (non-hydrogen) atoms. The average Bonchev–Trinajstić information content (AvgIpc) is 2.92. The molecular weight excluding hydrogens is 360 g/mol. The van der Waals surface area contributed by atoms with Crippen LogP contribution in [0, 0.1) is 5.92 Å². The largest absolute Gasteiger partial charge is 0.382 e. The van der Waals surface area contributed by atoms with E-state index in [1.165, 1.54) is 6.33 Å². The zero-order valence-electron chi connectivity index (χ0n) is 16.8. The predicted molar refractivity (Wildman–Crippen MR) is 102 cm³/mol. The summed E-state index contributed by atoms with van der Waals surface area (Å²) in [6, 6.07) is 0. The van der Waals surface area contributed by atoms with Gasteiger partial charge in [0, 0.05) is 12.5 Å². The molecule has 1 aliphatic carbocycles. The van der Waals surface area contributed by atoms with Crippen molar-refractivity contribution in [2.75, 3.05) is 25.9 Å². The highest BCUT2D eigenvalue weighted by atomic mass is 16.8. The second-order valence-electron chi connectivity index (χ2n) is 8.73. The number of nitrogens with zero attached hydrogens (tertiary/aromatic N) is 5. The van der Waals surface area contributed by atoms with Gasteiger partial charge in [-0.2, -0.15) is 0 Å². The van der Waals surface area contributed by atoms with Gasteiger partial charge in [0.15, 0.2) is 23.5 Å². The fourth-order valence-corrected chi connectivity index (χ4v) is 4.89. The van der Waals surface area contributed by atoms with Gasteiger partial charge in [-0.05, 0) is 40.3 Å². The third kappa shape index (κ3) is 2.64. The normalized spacial score (nSPS) is 35.9. The van der Waals surface area contributed by atoms with Crippen LogP contribution in [0.4, 0.5) is 5.82 Å². The smallest absolute Gasteiger partial charge is 0.167 e. The van der Waals surface area contributed by atoms with Crippen LogP contribution in [0.15, 0.2) is 12.7 Å². The summed E-state index contributed by atoms with van der Waals surface area (Å²) in [5, 5.41) is 0. The topological polar surface area (TPSA) is 101 Å². The zero-order chi connectivity index (χ0) is 19.7. The van der Waals surface area contributed by atoms with Gasteiger partial charge in [-0.1, -0.05) is 6.92 Å². The number of nitrogens with two attached hydrogens (primary N) is 1. The maximum atomic E-state index is 6.65. The first-order valence-electron chi connectivity index (χ1n) is 9.99. The van der Waals surface area contributed by atoms with Crippen molar-refractivity contribution in [1.82, 2.24) is 24.4 Å². The van der Waals surface area contributed by atoms with Crippen LogP contribution >= 0.6 is 0 Å². The first-order chi connectivity index (χ1) is 13.3. The van der Waals surface area contributed by atoms with Crippen molar-refractivity contribution < 1.29 is 14.2 Å². The Kier molecular flexibility index (Phi) is 3.97. The molecule has 152 valence electrons. The number of hydrogen-bond acceptors (Lipinski definition) is 8. The number of anilines is 1. The van der Waals surface area contributed by atoms with Crippen LogP contribution in [-0.2, 0) is 14.2 Å². The Morgan fingerprint density at radius 2 is 2.07 bits per heavy atom. The number of hydrogen-bond donors (Lipinski definition) is 1. The third-order valence-electron chi connectivity index (χ3n) is 6.13. The fraction of sp³-hybridized carbons (Fsp3) is 0.737. The molecule has 2 aromatic heterocycles. The van der Waals surface area contributed by atoms with E-state index < -0.39 is 5.79 Å². The summed E-state index contributed by atoms with van der Waals surface area (Å²) in [5.74, 6) is 0.146. The molecule has 5 rings (SSSR count). The quantitative estimate of drug-likeness (QED) is 0.824.